The maximum Gasteiger partial charge on any atom is 0.333 e. The molecular weight excluding hydrogens is 414 g/mol. The normalized spacial score (nSPS) is 8.97. The van der Waals surface area contributed by atoms with Gasteiger partial charge in [0.1, 0.15) is 13.2 Å². The van der Waals surface area contributed by atoms with Crippen LogP contribution in [0.15, 0.2) is 49.1 Å². The summed E-state index contributed by atoms with van der Waals surface area (Å²) >= 11 is 0. The molecule has 0 heterocycles. The number of hydrogen-bond acceptors (Lipinski definition) is 7. The van der Waals surface area contributed by atoms with E-state index in [-0.39, 0.29) is 31.1 Å². The zero-order valence-electron chi connectivity index (χ0n) is 20.4. The van der Waals surface area contributed by atoms with Gasteiger partial charge in [0.25, 0.3) is 0 Å². The van der Waals surface area contributed by atoms with Crippen LogP contribution in [0.2, 0.25) is 0 Å². The SMILES string of the molecule is C=C(C)C(=O)OCCCC.C=C(C)C(=O)OCCOC(=O)C(=C)C.C=CC(=O)NC(C)C. The van der Waals surface area contributed by atoms with Crippen LogP contribution in [0.5, 0.6) is 0 Å². The first kappa shape index (κ1) is 33.5. The summed E-state index contributed by atoms with van der Waals surface area (Å²) in [6.45, 7) is 24.7. The van der Waals surface area contributed by atoms with Crippen LogP contribution < -0.4 is 5.32 Å². The van der Waals surface area contributed by atoms with Crippen LogP contribution in [-0.4, -0.2) is 49.7 Å². The van der Waals surface area contributed by atoms with Crippen molar-refractivity contribution in [2.75, 3.05) is 19.8 Å². The van der Waals surface area contributed by atoms with Crippen molar-refractivity contribution in [3.63, 3.8) is 0 Å². The van der Waals surface area contributed by atoms with Gasteiger partial charge in [0.15, 0.2) is 0 Å². The molecule has 0 aliphatic heterocycles. The van der Waals surface area contributed by atoms with E-state index in [0.29, 0.717) is 23.3 Å². The molecule has 1 N–H and O–H groups in total. The van der Waals surface area contributed by atoms with Crippen LogP contribution in [0.3, 0.4) is 0 Å². The summed E-state index contributed by atoms with van der Waals surface area (Å²) in [7, 11) is 0. The molecule has 0 aromatic heterocycles. The predicted molar refractivity (Wildman–Crippen MR) is 126 cm³/mol. The van der Waals surface area contributed by atoms with Gasteiger partial charge < -0.3 is 19.5 Å². The fourth-order valence-corrected chi connectivity index (χ4v) is 1.29. The second-order valence-electron chi connectivity index (χ2n) is 6.97. The molecule has 0 bridgehead atoms. The lowest BCUT2D eigenvalue weighted by Gasteiger charge is -2.05. The Hall–Kier alpha value is -3.16. The van der Waals surface area contributed by atoms with Crippen molar-refractivity contribution in [2.24, 2.45) is 0 Å². The van der Waals surface area contributed by atoms with Gasteiger partial charge in [-0.25, -0.2) is 14.4 Å². The van der Waals surface area contributed by atoms with Gasteiger partial charge in [0, 0.05) is 22.8 Å². The van der Waals surface area contributed by atoms with E-state index in [4.69, 9.17) is 4.74 Å². The Morgan fingerprint density at radius 2 is 1.12 bits per heavy atom. The van der Waals surface area contributed by atoms with Crippen molar-refractivity contribution in [1.29, 1.82) is 0 Å². The van der Waals surface area contributed by atoms with Gasteiger partial charge in [0.05, 0.1) is 6.61 Å². The molecule has 0 atom stereocenters. The van der Waals surface area contributed by atoms with E-state index in [0.717, 1.165) is 12.8 Å². The second kappa shape index (κ2) is 21.1. The highest BCUT2D eigenvalue weighted by Crippen LogP contribution is 1.95. The summed E-state index contributed by atoms with van der Waals surface area (Å²) in [5.74, 6) is -1.37. The quantitative estimate of drug-likeness (QED) is 0.219. The average molecular weight is 454 g/mol. The molecule has 0 aliphatic carbocycles. The number of hydrogen-bond donors (Lipinski definition) is 1. The smallest absolute Gasteiger partial charge is 0.333 e. The van der Waals surface area contributed by atoms with E-state index in [2.05, 4.69) is 48.0 Å². The highest BCUT2D eigenvalue weighted by Gasteiger charge is 2.05. The standard InChI is InChI=1S/C10H14O4.C8H14O2.C6H11NO/c1-7(2)9(11)13-5-6-14-10(12)8(3)4;1-4-5-6-10-8(9)7(2)3;1-4-6(8)7-5(2)3/h1,3,5-6H2,2,4H3;2,4-6H2,1,3H3;4-5H,1H2,2-3H3,(H,7,8). The Bertz CT molecular complexity index is 635. The number of amides is 1. The molecule has 0 rings (SSSR count). The lowest BCUT2D eigenvalue weighted by Crippen LogP contribution is -2.27. The summed E-state index contributed by atoms with van der Waals surface area (Å²) in [4.78, 5) is 42.8. The number of rotatable bonds is 11. The van der Waals surface area contributed by atoms with E-state index in [1.807, 2.05) is 13.8 Å². The van der Waals surface area contributed by atoms with Crippen LogP contribution in [0.1, 0.15) is 54.4 Å². The van der Waals surface area contributed by atoms with Crippen LogP contribution in [0.4, 0.5) is 0 Å². The number of nitrogens with one attached hydrogen (secondary N) is 1. The summed E-state index contributed by atoms with van der Waals surface area (Å²) in [6, 6.07) is 0.209. The zero-order chi connectivity index (χ0) is 25.7. The van der Waals surface area contributed by atoms with Crippen LogP contribution in [0, 0.1) is 0 Å². The first-order valence-corrected chi connectivity index (χ1v) is 10.2. The Balaban J connectivity index is -0.000000413. The fraction of sp³-hybridized carbons (Fsp3) is 0.500. The average Bonchev–Trinajstić information content (AvgIpc) is 2.70. The van der Waals surface area contributed by atoms with Crippen molar-refractivity contribution in [2.45, 2.75) is 60.4 Å². The van der Waals surface area contributed by atoms with Gasteiger partial charge in [0.2, 0.25) is 5.91 Å². The third-order valence-corrected chi connectivity index (χ3v) is 2.94. The molecule has 0 unspecified atom stereocenters. The maximum absolute atomic E-state index is 10.8. The number of carbonyl (C=O) groups is 4. The minimum atomic E-state index is -0.489. The van der Waals surface area contributed by atoms with Gasteiger partial charge in [-0.15, -0.1) is 0 Å². The van der Waals surface area contributed by atoms with Crippen molar-refractivity contribution in [1.82, 2.24) is 5.32 Å². The molecule has 182 valence electrons. The van der Waals surface area contributed by atoms with E-state index >= 15 is 0 Å². The molecular formula is C24H39NO7. The van der Waals surface area contributed by atoms with Crippen molar-refractivity contribution < 1.29 is 33.4 Å². The topological polar surface area (TPSA) is 108 Å². The molecule has 8 heteroatoms. The molecule has 0 fully saturated rings. The summed E-state index contributed by atoms with van der Waals surface area (Å²) in [6.07, 6.45) is 3.24. The minimum absolute atomic E-state index is 0.0325. The zero-order valence-corrected chi connectivity index (χ0v) is 20.4. The Kier molecular flexibility index (Phi) is 22.1. The monoisotopic (exact) mass is 453 g/mol. The van der Waals surface area contributed by atoms with Crippen molar-refractivity contribution in [3.05, 3.63) is 49.1 Å². The van der Waals surface area contributed by atoms with E-state index in [1.165, 1.54) is 6.08 Å². The summed E-state index contributed by atoms with van der Waals surface area (Å²) in [5, 5.41) is 2.64. The van der Waals surface area contributed by atoms with E-state index in [1.54, 1.807) is 20.8 Å². The third kappa shape index (κ3) is 24.9. The fourth-order valence-electron chi connectivity index (χ4n) is 1.29. The van der Waals surface area contributed by atoms with Crippen LogP contribution in [0.25, 0.3) is 0 Å². The molecule has 0 radical (unpaired) electrons. The molecule has 1 amide bonds. The van der Waals surface area contributed by atoms with Crippen molar-refractivity contribution in [3.8, 4) is 0 Å². The first-order valence-electron chi connectivity index (χ1n) is 10.2. The van der Waals surface area contributed by atoms with Crippen LogP contribution in [-0.2, 0) is 33.4 Å². The molecule has 0 spiro atoms. The van der Waals surface area contributed by atoms with Gasteiger partial charge in [-0.3, -0.25) is 4.79 Å². The molecule has 32 heavy (non-hydrogen) atoms. The number of carbonyl (C=O) groups excluding carboxylic acids is 4. The molecule has 0 saturated carbocycles. The largest absolute Gasteiger partial charge is 0.462 e. The number of esters is 3. The molecule has 0 aromatic rings. The lowest BCUT2D eigenvalue weighted by molar-refractivity contribution is -0.147. The highest BCUT2D eigenvalue weighted by molar-refractivity contribution is 5.88. The molecule has 0 saturated heterocycles. The molecule has 0 aromatic carbocycles. The number of ether oxygens (including phenoxy) is 3. The predicted octanol–water partition coefficient (Wildman–Crippen LogP) is 3.83. The van der Waals surface area contributed by atoms with Crippen molar-refractivity contribution >= 4 is 23.8 Å². The molecule has 0 aliphatic rings. The van der Waals surface area contributed by atoms with Gasteiger partial charge >= 0.3 is 17.9 Å². The van der Waals surface area contributed by atoms with Gasteiger partial charge in [-0.05, 0) is 47.1 Å². The Morgan fingerprint density at radius 3 is 1.34 bits per heavy atom. The lowest BCUT2D eigenvalue weighted by atomic mass is 10.3. The van der Waals surface area contributed by atoms with Crippen LogP contribution >= 0.6 is 0 Å². The van der Waals surface area contributed by atoms with Gasteiger partial charge in [-0.2, -0.15) is 0 Å². The first-order chi connectivity index (χ1) is 14.8. The summed E-state index contributed by atoms with van der Waals surface area (Å²) in [5.41, 5.74) is 1.10. The number of unbranched alkanes of at least 4 members (excludes halogenated alkanes) is 1. The summed E-state index contributed by atoms with van der Waals surface area (Å²) < 4.78 is 14.2. The third-order valence-electron chi connectivity index (χ3n) is 2.94. The van der Waals surface area contributed by atoms with E-state index < -0.39 is 11.9 Å². The Labute approximate surface area is 192 Å². The second-order valence-corrected chi connectivity index (χ2v) is 6.97. The Morgan fingerprint density at radius 1 is 0.781 bits per heavy atom. The molecule has 8 nitrogen and oxygen atoms in total. The maximum atomic E-state index is 10.8. The highest BCUT2D eigenvalue weighted by atomic mass is 16.6. The van der Waals surface area contributed by atoms with Gasteiger partial charge in [-0.1, -0.05) is 39.7 Å². The van der Waals surface area contributed by atoms with E-state index in [9.17, 15) is 19.2 Å². The minimum Gasteiger partial charge on any atom is -0.462 e.